The number of carbonyl (C=O) groups is 3. The minimum Gasteiger partial charge on any atom is -0.484 e. The van der Waals surface area contributed by atoms with Gasteiger partial charge in [-0.05, 0) is 69.0 Å². The van der Waals surface area contributed by atoms with Gasteiger partial charge in [0.05, 0.1) is 12.0 Å². The molecule has 0 aromatic heterocycles. The Morgan fingerprint density at radius 2 is 1.83 bits per heavy atom. The first-order valence-electron chi connectivity index (χ1n) is 12.1. The zero-order valence-electron chi connectivity index (χ0n) is 20.6. The Hall–Kier alpha value is -3.39. The van der Waals surface area contributed by atoms with Gasteiger partial charge in [0.1, 0.15) is 5.75 Å². The predicted octanol–water partition coefficient (Wildman–Crippen LogP) is 3.28. The molecule has 2 N–H and O–H groups in total. The summed E-state index contributed by atoms with van der Waals surface area (Å²) < 4.78 is 11.2. The van der Waals surface area contributed by atoms with Crippen LogP contribution >= 0.6 is 0 Å². The first-order valence-corrected chi connectivity index (χ1v) is 12.1. The van der Waals surface area contributed by atoms with Crippen molar-refractivity contribution in [2.24, 2.45) is 5.92 Å². The summed E-state index contributed by atoms with van der Waals surface area (Å²) in [4.78, 5) is 39.1. The third-order valence-corrected chi connectivity index (χ3v) is 6.48. The Morgan fingerprint density at radius 1 is 1.11 bits per heavy atom. The Morgan fingerprint density at radius 3 is 2.49 bits per heavy atom. The molecule has 3 amide bonds. The monoisotopic (exact) mass is 479 g/mol. The van der Waals surface area contributed by atoms with Gasteiger partial charge in [0.15, 0.2) is 6.61 Å². The number of rotatable bonds is 8. The maximum Gasteiger partial charge on any atom is 0.262 e. The molecule has 35 heavy (non-hydrogen) atoms. The van der Waals surface area contributed by atoms with Crippen molar-refractivity contribution in [3.8, 4) is 5.75 Å². The summed E-state index contributed by atoms with van der Waals surface area (Å²) in [7, 11) is 0. The lowest BCUT2D eigenvalue weighted by molar-refractivity contribution is -0.126. The number of ether oxygens (including phenoxy) is 2. The van der Waals surface area contributed by atoms with Crippen molar-refractivity contribution in [1.82, 2.24) is 5.32 Å². The second-order valence-corrected chi connectivity index (χ2v) is 9.39. The average Bonchev–Trinajstić information content (AvgIpc) is 3.48. The molecule has 0 unspecified atom stereocenters. The molecule has 2 heterocycles. The molecule has 2 aliphatic rings. The van der Waals surface area contributed by atoms with E-state index in [0.717, 1.165) is 41.8 Å². The summed E-state index contributed by atoms with van der Waals surface area (Å²) in [5.41, 5.74) is 4.67. The van der Waals surface area contributed by atoms with Crippen LogP contribution in [-0.4, -0.2) is 50.1 Å². The van der Waals surface area contributed by atoms with Crippen molar-refractivity contribution in [3.05, 3.63) is 53.1 Å². The highest BCUT2D eigenvalue weighted by atomic mass is 16.5. The molecule has 2 saturated heterocycles. The molecular weight excluding hydrogens is 446 g/mol. The van der Waals surface area contributed by atoms with Gasteiger partial charge in [-0.15, -0.1) is 0 Å². The quantitative estimate of drug-likeness (QED) is 0.606. The van der Waals surface area contributed by atoms with Crippen LogP contribution in [0.2, 0.25) is 0 Å². The fraction of sp³-hybridized carbons (Fsp3) is 0.444. The van der Waals surface area contributed by atoms with Gasteiger partial charge in [-0.3, -0.25) is 14.4 Å². The van der Waals surface area contributed by atoms with E-state index in [1.165, 1.54) is 0 Å². The van der Waals surface area contributed by atoms with Crippen LogP contribution in [0.1, 0.15) is 36.0 Å². The zero-order chi connectivity index (χ0) is 24.9. The van der Waals surface area contributed by atoms with Gasteiger partial charge in [0, 0.05) is 37.5 Å². The molecule has 0 saturated carbocycles. The maximum absolute atomic E-state index is 12.5. The van der Waals surface area contributed by atoms with E-state index in [1.54, 1.807) is 29.2 Å². The van der Waals surface area contributed by atoms with E-state index >= 15 is 0 Å². The fourth-order valence-corrected chi connectivity index (χ4v) is 4.72. The minimum absolute atomic E-state index is 0.0757. The van der Waals surface area contributed by atoms with Gasteiger partial charge in [-0.2, -0.15) is 0 Å². The normalized spacial score (nSPS) is 19.6. The molecule has 4 rings (SSSR count). The lowest BCUT2D eigenvalue weighted by Gasteiger charge is -2.18. The van der Waals surface area contributed by atoms with Crippen LogP contribution in [-0.2, 0) is 19.1 Å². The molecular formula is C27H33N3O5. The third kappa shape index (κ3) is 6.19. The third-order valence-electron chi connectivity index (χ3n) is 6.48. The smallest absolute Gasteiger partial charge is 0.262 e. The molecule has 2 atom stereocenters. The minimum atomic E-state index is -0.378. The highest BCUT2D eigenvalue weighted by molar-refractivity contribution is 6.00. The highest BCUT2D eigenvalue weighted by Gasteiger charge is 2.35. The number of hydrogen-bond acceptors (Lipinski definition) is 5. The number of carbonyl (C=O) groups excluding carboxylic acids is 3. The van der Waals surface area contributed by atoms with Crippen molar-refractivity contribution in [2.75, 3.05) is 36.5 Å². The van der Waals surface area contributed by atoms with Crippen LogP contribution < -0.4 is 20.3 Å². The molecule has 2 aliphatic heterocycles. The zero-order valence-corrected chi connectivity index (χ0v) is 20.6. The van der Waals surface area contributed by atoms with E-state index in [9.17, 15) is 14.4 Å². The van der Waals surface area contributed by atoms with Gasteiger partial charge < -0.3 is 25.0 Å². The number of benzene rings is 2. The largest absolute Gasteiger partial charge is 0.484 e. The summed E-state index contributed by atoms with van der Waals surface area (Å²) in [5.74, 6) is -0.285. The second kappa shape index (κ2) is 10.9. The second-order valence-electron chi connectivity index (χ2n) is 9.39. The van der Waals surface area contributed by atoms with Crippen LogP contribution in [0, 0.1) is 26.7 Å². The number of nitrogens with zero attached hydrogens (tertiary/aromatic N) is 1. The first kappa shape index (κ1) is 24.7. The van der Waals surface area contributed by atoms with Gasteiger partial charge in [0.25, 0.3) is 5.91 Å². The van der Waals surface area contributed by atoms with Gasteiger partial charge in [-0.25, -0.2) is 0 Å². The van der Waals surface area contributed by atoms with Crippen LogP contribution in [0.5, 0.6) is 5.75 Å². The van der Waals surface area contributed by atoms with E-state index in [1.807, 2.05) is 32.9 Å². The Kier molecular flexibility index (Phi) is 7.70. The van der Waals surface area contributed by atoms with Crippen molar-refractivity contribution in [1.29, 1.82) is 0 Å². The number of amides is 3. The van der Waals surface area contributed by atoms with Gasteiger partial charge in [-0.1, -0.05) is 17.7 Å². The molecule has 0 spiro atoms. The topological polar surface area (TPSA) is 97.0 Å². The number of aryl methyl sites for hydroxylation is 3. The van der Waals surface area contributed by atoms with Gasteiger partial charge >= 0.3 is 0 Å². The molecule has 186 valence electrons. The predicted molar refractivity (Wildman–Crippen MR) is 134 cm³/mol. The van der Waals surface area contributed by atoms with E-state index in [2.05, 4.69) is 10.6 Å². The molecule has 0 radical (unpaired) electrons. The molecule has 0 bridgehead atoms. The number of anilines is 2. The SMILES string of the molecule is Cc1cc(C)c(NC(=O)COc2ccc(N3C[C@H](C(=O)NC[C@H]4CCCO4)CC3=O)cc2)c(C)c1. The van der Waals surface area contributed by atoms with Crippen LogP contribution in [0.4, 0.5) is 11.4 Å². The molecule has 2 fully saturated rings. The highest BCUT2D eigenvalue weighted by Crippen LogP contribution is 2.27. The van der Waals surface area contributed by atoms with E-state index < -0.39 is 0 Å². The summed E-state index contributed by atoms with van der Waals surface area (Å²) in [6.07, 6.45) is 2.24. The van der Waals surface area contributed by atoms with Crippen molar-refractivity contribution in [2.45, 2.75) is 46.1 Å². The number of nitrogens with one attached hydrogen (secondary N) is 2. The average molecular weight is 480 g/mol. The van der Waals surface area contributed by atoms with E-state index in [-0.39, 0.29) is 42.8 Å². The lowest BCUT2D eigenvalue weighted by atomic mass is 10.1. The van der Waals surface area contributed by atoms with Crippen molar-refractivity contribution in [3.63, 3.8) is 0 Å². The van der Waals surface area contributed by atoms with Gasteiger partial charge in [0.2, 0.25) is 11.8 Å². The lowest BCUT2D eigenvalue weighted by Crippen LogP contribution is -2.37. The molecule has 2 aromatic rings. The Labute approximate surface area is 206 Å². The maximum atomic E-state index is 12.5. The molecule has 8 nitrogen and oxygen atoms in total. The van der Waals surface area contributed by atoms with Crippen molar-refractivity contribution < 1.29 is 23.9 Å². The summed E-state index contributed by atoms with van der Waals surface area (Å²) in [6.45, 7) is 7.41. The van der Waals surface area contributed by atoms with E-state index in [0.29, 0.717) is 24.5 Å². The van der Waals surface area contributed by atoms with Crippen LogP contribution in [0.3, 0.4) is 0 Å². The molecule has 2 aromatic carbocycles. The first-order chi connectivity index (χ1) is 16.8. The summed E-state index contributed by atoms with van der Waals surface area (Å²) in [5, 5.41) is 5.84. The Balaban J connectivity index is 1.27. The standard InChI is InChI=1S/C27H33N3O5/c1-17-11-18(2)26(19(3)12-17)29-24(31)16-35-22-8-6-21(7-9-22)30-15-20(13-25(30)32)27(33)28-14-23-5-4-10-34-23/h6-9,11-12,20,23H,4-5,10,13-16H2,1-3H3,(H,28,33)(H,29,31)/t20-,23-/m1/s1. The fourth-order valence-electron chi connectivity index (χ4n) is 4.72. The van der Waals surface area contributed by atoms with E-state index in [4.69, 9.17) is 9.47 Å². The molecule has 8 heteroatoms. The summed E-state index contributed by atoms with van der Waals surface area (Å²) >= 11 is 0. The van der Waals surface area contributed by atoms with Crippen molar-refractivity contribution >= 4 is 29.1 Å². The number of hydrogen-bond donors (Lipinski definition) is 2. The summed E-state index contributed by atoms with van der Waals surface area (Å²) in [6, 6.07) is 11.0. The Bertz CT molecular complexity index is 1070. The van der Waals surface area contributed by atoms with Crippen LogP contribution in [0.15, 0.2) is 36.4 Å². The molecule has 0 aliphatic carbocycles. The van der Waals surface area contributed by atoms with Crippen LogP contribution in [0.25, 0.3) is 0 Å².